The number of nitrogens with two attached hydrogens (primary N) is 1. The van der Waals surface area contributed by atoms with Crippen molar-refractivity contribution in [1.29, 1.82) is 0 Å². The molecule has 5 nitrogen and oxygen atoms in total. The largest absolute Gasteiger partial charge is 0.417 e. The Balaban J connectivity index is 3.42. The van der Waals surface area contributed by atoms with Crippen molar-refractivity contribution in [2.45, 2.75) is 11.1 Å². The van der Waals surface area contributed by atoms with Crippen LogP contribution in [0.5, 0.6) is 0 Å². The van der Waals surface area contributed by atoms with E-state index in [1.54, 1.807) is 0 Å². The van der Waals surface area contributed by atoms with Crippen molar-refractivity contribution in [3.8, 4) is 0 Å². The van der Waals surface area contributed by atoms with Crippen molar-refractivity contribution in [3.05, 3.63) is 42.5 Å². The van der Waals surface area contributed by atoms with Crippen molar-refractivity contribution in [3.63, 3.8) is 0 Å². The Bertz CT molecular complexity index is 641. The average molecular weight is 322 g/mol. The summed E-state index contributed by atoms with van der Waals surface area (Å²) in [6.07, 6.45) is -3.69. The molecule has 1 rings (SSSR count). The first-order chi connectivity index (χ1) is 9.60. The second-order valence-corrected chi connectivity index (χ2v) is 5.95. The van der Waals surface area contributed by atoms with Gasteiger partial charge in [-0.25, -0.2) is 8.42 Å². The molecule has 0 spiro atoms. The fourth-order valence-electron chi connectivity index (χ4n) is 1.63. The molecule has 0 saturated heterocycles. The third-order valence-corrected chi connectivity index (χ3v) is 4.35. The standard InChI is InChI=1S/C12H13F3N2O3S/c1-2-7-17(8-11(16)18)21(19,20)10-6-4-3-5-9(10)12(13,14)15/h2-6H,1,7-8H2,(H2,16,18). The highest BCUT2D eigenvalue weighted by Gasteiger charge is 2.38. The van der Waals surface area contributed by atoms with Gasteiger partial charge >= 0.3 is 6.18 Å². The number of carbonyl (C=O) groups is 1. The number of carbonyl (C=O) groups excluding carboxylic acids is 1. The molecule has 0 bridgehead atoms. The first kappa shape index (κ1) is 17.2. The summed E-state index contributed by atoms with van der Waals surface area (Å²) >= 11 is 0. The Labute approximate surface area is 119 Å². The molecule has 1 aromatic carbocycles. The highest BCUT2D eigenvalue weighted by Crippen LogP contribution is 2.35. The van der Waals surface area contributed by atoms with Crippen LogP contribution in [-0.2, 0) is 21.0 Å². The van der Waals surface area contributed by atoms with Crippen molar-refractivity contribution < 1.29 is 26.4 Å². The van der Waals surface area contributed by atoms with Crippen LogP contribution in [0.2, 0.25) is 0 Å². The van der Waals surface area contributed by atoms with E-state index in [0.717, 1.165) is 18.2 Å². The number of nitrogens with zero attached hydrogens (tertiary/aromatic N) is 1. The highest BCUT2D eigenvalue weighted by molar-refractivity contribution is 7.89. The van der Waals surface area contributed by atoms with Crippen LogP contribution in [0.3, 0.4) is 0 Å². The Morgan fingerprint density at radius 3 is 2.38 bits per heavy atom. The summed E-state index contributed by atoms with van der Waals surface area (Å²) in [5, 5.41) is 0. The number of amides is 1. The lowest BCUT2D eigenvalue weighted by molar-refractivity contribution is -0.139. The monoisotopic (exact) mass is 322 g/mol. The molecule has 0 saturated carbocycles. The second kappa shape index (κ2) is 6.27. The zero-order chi connectivity index (χ0) is 16.3. The average Bonchev–Trinajstić information content (AvgIpc) is 2.36. The van der Waals surface area contributed by atoms with Crippen LogP contribution in [0.25, 0.3) is 0 Å². The molecule has 0 radical (unpaired) electrons. The Morgan fingerprint density at radius 1 is 1.33 bits per heavy atom. The second-order valence-electron chi connectivity index (χ2n) is 4.05. The minimum absolute atomic E-state index is 0.336. The SMILES string of the molecule is C=CCN(CC(N)=O)S(=O)(=O)c1ccccc1C(F)(F)F. The maximum atomic E-state index is 12.9. The molecule has 9 heteroatoms. The summed E-state index contributed by atoms with van der Waals surface area (Å²) < 4.78 is 63.8. The molecule has 0 aliphatic rings. The summed E-state index contributed by atoms with van der Waals surface area (Å²) in [5.74, 6) is -0.982. The normalized spacial score (nSPS) is 12.4. The topological polar surface area (TPSA) is 80.5 Å². The number of sulfonamides is 1. The number of hydrogen-bond donors (Lipinski definition) is 1. The van der Waals surface area contributed by atoms with E-state index in [-0.39, 0.29) is 6.54 Å². The lowest BCUT2D eigenvalue weighted by atomic mass is 10.2. The van der Waals surface area contributed by atoms with Gasteiger partial charge in [0.25, 0.3) is 0 Å². The summed E-state index contributed by atoms with van der Waals surface area (Å²) in [7, 11) is -4.53. The minimum Gasteiger partial charge on any atom is -0.369 e. The predicted octanol–water partition coefficient (Wildman–Crippen LogP) is 1.37. The van der Waals surface area contributed by atoms with Crippen LogP contribution in [0.1, 0.15) is 5.56 Å². The number of alkyl halides is 3. The van der Waals surface area contributed by atoms with Crippen LogP contribution in [0, 0.1) is 0 Å². The number of primary amides is 1. The molecule has 0 heterocycles. The van der Waals surface area contributed by atoms with E-state index in [0.29, 0.717) is 10.4 Å². The van der Waals surface area contributed by atoms with E-state index in [1.807, 2.05) is 0 Å². The van der Waals surface area contributed by atoms with Crippen LogP contribution in [0.4, 0.5) is 13.2 Å². The molecule has 1 amide bonds. The minimum atomic E-state index is -4.84. The van der Waals surface area contributed by atoms with Gasteiger partial charge in [-0.3, -0.25) is 4.79 Å². The fourth-order valence-corrected chi connectivity index (χ4v) is 3.22. The summed E-state index contributed by atoms with van der Waals surface area (Å²) in [6, 6.07) is 3.73. The zero-order valence-electron chi connectivity index (χ0n) is 10.8. The van der Waals surface area contributed by atoms with Crippen LogP contribution in [-0.4, -0.2) is 31.7 Å². The number of hydrogen-bond acceptors (Lipinski definition) is 3. The van der Waals surface area contributed by atoms with Gasteiger partial charge in [0.1, 0.15) is 0 Å². The molecule has 1 aromatic rings. The van der Waals surface area contributed by atoms with Crippen molar-refractivity contribution in [2.24, 2.45) is 5.73 Å². The van der Waals surface area contributed by atoms with Crippen LogP contribution in [0.15, 0.2) is 41.8 Å². The third kappa shape index (κ3) is 4.05. The van der Waals surface area contributed by atoms with E-state index >= 15 is 0 Å². The van der Waals surface area contributed by atoms with Gasteiger partial charge in [0, 0.05) is 6.54 Å². The van der Waals surface area contributed by atoms with Crippen LogP contribution < -0.4 is 5.73 Å². The van der Waals surface area contributed by atoms with Gasteiger partial charge in [0.05, 0.1) is 17.0 Å². The molecule has 2 N–H and O–H groups in total. The van der Waals surface area contributed by atoms with E-state index in [9.17, 15) is 26.4 Å². The quantitative estimate of drug-likeness (QED) is 0.803. The zero-order valence-corrected chi connectivity index (χ0v) is 11.6. The Hall–Kier alpha value is -1.87. The van der Waals surface area contributed by atoms with Gasteiger partial charge in [-0.2, -0.15) is 17.5 Å². The molecular weight excluding hydrogens is 309 g/mol. The van der Waals surface area contributed by atoms with E-state index in [4.69, 9.17) is 5.73 Å². The maximum absolute atomic E-state index is 12.9. The Morgan fingerprint density at radius 2 is 1.90 bits per heavy atom. The number of benzene rings is 1. The first-order valence-electron chi connectivity index (χ1n) is 5.66. The fraction of sp³-hybridized carbons (Fsp3) is 0.250. The van der Waals surface area contributed by atoms with Crippen LogP contribution >= 0.6 is 0 Å². The number of halogens is 3. The van der Waals surface area contributed by atoms with Gasteiger partial charge in [-0.15, -0.1) is 6.58 Å². The van der Waals surface area contributed by atoms with Gasteiger partial charge in [0.15, 0.2) is 0 Å². The first-order valence-corrected chi connectivity index (χ1v) is 7.10. The maximum Gasteiger partial charge on any atom is 0.417 e. The summed E-state index contributed by atoms with van der Waals surface area (Å²) in [6.45, 7) is 2.23. The summed E-state index contributed by atoms with van der Waals surface area (Å²) in [4.78, 5) is 9.97. The smallest absolute Gasteiger partial charge is 0.369 e. The molecule has 0 aliphatic heterocycles. The van der Waals surface area contributed by atoms with Gasteiger partial charge < -0.3 is 5.73 Å². The summed E-state index contributed by atoms with van der Waals surface area (Å²) in [5.41, 5.74) is 3.62. The molecule has 0 aliphatic carbocycles. The van der Waals surface area contributed by atoms with E-state index in [2.05, 4.69) is 6.58 Å². The Kier molecular flexibility index (Phi) is 5.13. The van der Waals surface area contributed by atoms with Crippen molar-refractivity contribution >= 4 is 15.9 Å². The van der Waals surface area contributed by atoms with Crippen molar-refractivity contribution in [2.75, 3.05) is 13.1 Å². The van der Waals surface area contributed by atoms with E-state index < -0.39 is 39.1 Å². The van der Waals surface area contributed by atoms with Crippen molar-refractivity contribution in [1.82, 2.24) is 4.31 Å². The lowest BCUT2D eigenvalue weighted by Gasteiger charge is -2.21. The molecule has 0 fully saturated rings. The van der Waals surface area contributed by atoms with E-state index in [1.165, 1.54) is 6.07 Å². The van der Waals surface area contributed by atoms with Gasteiger partial charge in [0.2, 0.25) is 15.9 Å². The highest BCUT2D eigenvalue weighted by atomic mass is 32.2. The molecule has 0 unspecified atom stereocenters. The molecule has 0 aromatic heterocycles. The third-order valence-electron chi connectivity index (χ3n) is 2.48. The molecule has 21 heavy (non-hydrogen) atoms. The molecule has 116 valence electrons. The molecule has 0 atom stereocenters. The lowest BCUT2D eigenvalue weighted by Crippen LogP contribution is -2.39. The number of rotatable bonds is 6. The van der Waals surface area contributed by atoms with Gasteiger partial charge in [-0.1, -0.05) is 18.2 Å². The predicted molar refractivity (Wildman–Crippen MR) is 69.6 cm³/mol. The molecular formula is C12H13F3N2O3S. The van der Waals surface area contributed by atoms with Gasteiger partial charge in [-0.05, 0) is 12.1 Å².